The molecule has 2 N–H and O–H groups in total. The van der Waals surface area contributed by atoms with E-state index in [1.54, 1.807) is 0 Å². The van der Waals surface area contributed by atoms with E-state index in [0.717, 1.165) is 49.1 Å². The third kappa shape index (κ3) is 3.59. The van der Waals surface area contributed by atoms with Crippen LogP contribution in [0.25, 0.3) is 10.9 Å². The fraction of sp³-hybridized carbons (Fsp3) is 0.556. The SMILES string of the molecule is CCCN(CCC)CCc1cccc2[nH]c(CC)c(O)c12. The van der Waals surface area contributed by atoms with Gasteiger partial charge in [0.1, 0.15) is 5.75 Å². The number of nitrogens with one attached hydrogen (secondary N) is 1. The predicted molar refractivity (Wildman–Crippen MR) is 90.1 cm³/mol. The molecule has 1 heterocycles. The van der Waals surface area contributed by atoms with Gasteiger partial charge < -0.3 is 15.0 Å². The first kappa shape index (κ1) is 15.9. The molecule has 3 heteroatoms. The maximum Gasteiger partial charge on any atom is 0.144 e. The van der Waals surface area contributed by atoms with Gasteiger partial charge in [0.15, 0.2) is 0 Å². The first-order valence-corrected chi connectivity index (χ1v) is 8.24. The molecular formula is C18H28N2O. The molecule has 21 heavy (non-hydrogen) atoms. The molecule has 0 aliphatic rings. The van der Waals surface area contributed by atoms with E-state index in [9.17, 15) is 5.11 Å². The molecule has 0 aliphatic carbocycles. The number of aromatic amines is 1. The molecule has 0 radical (unpaired) electrons. The molecule has 0 aliphatic heterocycles. The molecular weight excluding hydrogens is 260 g/mol. The second-order valence-electron chi connectivity index (χ2n) is 5.74. The van der Waals surface area contributed by atoms with Gasteiger partial charge in [-0.3, -0.25) is 0 Å². The highest BCUT2D eigenvalue weighted by Crippen LogP contribution is 2.32. The summed E-state index contributed by atoms with van der Waals surface area (Å²) in [6, 6.07) is 6.27. The van der Waals surface area contributed by atoms with Gasteiger partial charge in [0, 0.05) is 17.4 Å². The molecule has 2 rings (SSSR count). The van der Waals surface area contributed by atoms with E-state index in [1.807, 2.05) is 6.07 Å². The van der Waals surface area contributed by atoms with Crippen LogP contribution in [0, 0.1) is 0 Å². The lowest BCUT2D eigenvalue weighted by Crippen LogP contribution is -2.27. The van der Waals surface area contributed by atoms with Crippen molar-refractivity contribution < 1.29 is 5.11 Å². The van der Waals surface area contributed by atoms with Crippen LogP contribution in [0.5, 0.6) is 5.75 Å². The lowest BCUT2D eigenvalue weighted by atomic mass is 10.1. The summed E-state index contributed by atoms with van der Waals surface area (Å²) in [5.74, 6) is 0.445. The van der Waals surface area contributed by atoms with Crippen molar-refractivity contribution in [2.45, 2.75) is 46.5 Å². The van der Waals surface area contributed by atoms with Gasteiger partial charge in [-0.05, 0) is 50.4 Å². The van der Waals surface area contributed by atoms with Crippen molar-refractivity contribution in [1.29, 1.82) is 0 Å². The van der Waals surface area contributed by atoms with Crippen molar-refractivity contribution >= 4 is 10.9 Å². The van der Waals surface area contributed by atoms with Crippen molar-refractivity contribution in [3.63, 3.8) is 0 Å². The number of hydrogen-bond acceptors (Lipinski definition) is 2. The van der Waals surface area contributed by atoms with Crippen LogP contribution in [0.4, 0.5) is 0 Å². The van der Waals surface area contributed by atoms with Crippen LogP contribution < -0.4 is 0 Å². The molecule has 0 unspecified atom stereocenters. The van der Waals surface area contributed by atoms with Crippen LogP contribution in [0.15, 0.2) is 18.2 Å². The van der Waals surface area contributed by atoms with Crippen molar-refractivity contribution in [1.82, 2.24) is 9.88 Å². The minimum absolute atomic E-state index is 0.445. The van der Waals surface area contributed by atoms with Crippen LogP contribution in [0.1, 0.15) is 44.9 Å². The average molecular weight is 288 g/mol. The van der Waals surface area contributed by atoms with Crippen LogP contribution in [-0.2, 0) is 12.8 Å². The van der Waals surface area contributed by atoms with Gasteiger partial charge in [0.05, 0.1) is 5.69 Å². The highest BCUT2D eigenvalue weighted by molar-refractivity contribution is 5.90. The molecule has 0 saturated heterocycles. The largest absolute Gasteiger partial charge is 0.505 e. The molecule has 3 nitrogen and oxygen atoms in total. The van der Waals surface area contributed by atoms with Gasteiger partial charge in [-0.15, -0.1) is 0 Å². The maximum absolute atomic E-state index is 10.4. The quantitative estimate of drug-likeness (QED) is 0.767. The van der Waals surface area contributed by atoms with Gasteiger partial charge >= 0.3 is 0 Å². The van der Waals surface area contributed by atoms with Crippen LogP contribution in [0.3, 0.4) is 0 Å². The zero-order chi connectivity index (χ0) is 15.2. The Morgan fingerprint density at radius 3 is 2.38 bits per heavy atom. The topological polar surface area (TPSA) is 39.3 Å². The highest BCUT2D eigenvalue weighted by Gasteiger charge is 2.13. The van der Waals surface area contributed by atoms with Gasteiger partial charge in [-0.25, -0.2) is 0 Å². The maximum atomic E-state index is 10.4. The molecule has 1 aromatic carbocycles. The summed E-state index contributed by atoms with van der Waals surface area (Å²) in [5, 5.41) is 11.4. The van der Waals surface area contributed by atoms with Crippen molar-refractivity contribution in [2.75, 3.05) is 19.6 Å². The van der Waals surface area contributed by atoms with E-state index >= 15 is 0 Å². The average Bonchev–Trinajstić information content (AvgIpc) is 2.82. The summed E-state index contributed by atoms with van der Waals surface area (Å²) in [5.41, 5.74) is 3.24. The molecule has 0 fully saturated rings. The Balaban J connectivity index is 2.19. The first-order valence-electron chi connectivity index (χ1n) is 8.24. The summed E-state index contributed by atoms with van der Waals surface area (Å²) in [4.78, 5) is 5.85. The zero-order valence-corrected chi connectivity index (χ0v) is 13.6. The minimum Gasteiger partial charge on any atom is -0.505 e. The summed E-state index contributed by atoms with van der Waals surface area (Å²) in [6.07, 6.45) is 4.21. The Morgan fingerprint density at radius 2 is 1.76 bits per heavy atom. The molecule has 0 amide bonds. The summed E-state index contributed by atoms with van der Waals surface area (Å²) < 4.78 is 0. The van der Waals surface area contributed by atoms with E-state index in [0.29, 0.717) is 5.75 Å². The number of rotatable bonds is 8. The molecule has 0 bridgehead atoms. The lowest BCUT2D eigenvalue weighted by molar-refractivity contribution is 0.278. The van der Waals surface area contributed by atoms with E-state index < -0.39 is 0 Å². The molecule has 0 atom stereocenters. The zero-order valence-electron chi connectivity index (χ0n) is 13.6. The smallest absolute Gasteiger partial charge is 0.144 e. The van der Waals surface area contributed by atoms with Crippen LogP contribution >= 0.6 is 0 Å². The van der Waals surface area contributed by atoms with E-state index in [4.69, 9.17) is 0 Å². The Kier molecular flexibility index (Phi) is 5.68. The molecule has 1 aromatic heterocycles. The summed E-state index contributed by atoms with van der Waals surface area (Å²) in [6.45, 7) is 9.90. The number of aromatic nitrogens is 1. The van der Waals surface area contributed by atoms with Crippen molar-refractivity contribution in [3.05, 3.63) is 29.5 Å². The standard InChI is InChI=1S/C18H28N2O/c1-4-11-20(12-5-2)13-10-14-8-7-9-16-17(14)18(21)15(6-3)19-16/h7-9,19,21H,4-6,10-13H2,1-3H3. The molecule has 116 valence electrons. The van der Waals surface area contributed by atoms with Gasteiger partial charge in [-0.1, -0.05) is 32.9 Å². The van der Waals surface area contributed by atoms with Gasteiger partial charge in [0.2, 0.25) is 0 Å². The summed E-state index contributed by atoms with van der Waals surface area (Å²) in [7, 11) is 0. The Hall–Kier alpha value is -1.48. The van der Waals surface area contributed by atoms with Crippen LogP contribution in [0.2, 0.25) is 0 Å². The van der Waals surface area contributed by atoms with Gasteiger partial charge in [-0.2, -0.15) is 0 Å². The molecule has 0 spiro atoms. The highest BCUT2D eigenvalue weighted by atomic mass is 16.3. The second kappa shape index (κ2) is 7.51. The normalized spacial score (nSPS) is 11.6. The predicted octanol–water partition coefficient (Wildman–Crippen LogP) is 4.10. The van der Waals surface area contributed by atoms with Crippen molar-refractivity contribution in [3.8, 4) is 5.75 Å². The van der Waals surface area contributed by atoms with Gasteiger partial charge in [0.25, 0.3) is 0 Å². The minimum atomic E-state index is 0.445. The Labute approximate surface area is 128 Å². The number of aryl methyl sites for hydroxylation is 1. The molecule has 0 saturated carbocycles. The monoisotopic (exact) mass is 288 g/mol. The Morgan fingerprint density at radius 1 is 1.05 bits per heavy atom. The van der Waals surface area contributed by atoms with E-state index in [-0.39, 0.29) is 0 Å². The molecule has 2 aromatic rings. The number of hydrogen-bond donors (Lipinski definition) is 2. The third-order valence-electron chi connectivity index (χ3n) is 4.09. The lowest BCUT2D eigenvalue weighted by Gasteiger charge is -2.21. The fourth-order valence-electron chi connectivity index (χ4n) is 3.07. The fourth-order valence-corrected chi connectivity index (χ4v) is 3.07. The van der Waals surface area contributed by atoms with Crippen molar-refractivity contribution in [2.24, 2.45) is 0 Å². The third-order valence-corrected chi connectivity index (χ3v) is 4.09. The van der Waals surface area contributed by atoms with Crippen LogP contribution in [-0.4, -0.2) is 34.6 Å². The number of H-pyrrole nitrogens is 1. The number of fused-ring (bicyclic) bond motifs is 1. The first-order chi connectivity index (χ1) is 10.2. The number of aromatic hydroxyl groups is 1. The summed E-state index contributed by atoms with van der Waals surface area (Å²) >= 11 is 0. The second-order valence-corrected chi connectivity index (χ2v) is 5.74. The van der Waals surface area contributed by atoms with E-state index in [1.165, 1.54) is 18.4 Å². The van der Waals surface area contributed by atoms with E-state index in [2.05, 4.69) is 42.8 Å². The number of nitrogens with zero attached hydrogens (tertiary/aromatic N) is 1. The number of benzene rings is 1. The Bertz CT molecular complexity index is 568.